The molecule has 0 N–H and O–H groups in total. The van der Waals surface area contributed by atoms with Gasteiger partial charge in [0.2, 0.25) is 0 Å². The summed E-state index contributed by atoms with van der Waals surface area (Å²) in [6.45, 7) is 3.55. The zero-order chi connectivity index (χ0) is 12.6. The molecule has 0 bridgehead atoms. The molecule has 3 rings (SSSR count). The maximum atomic E-state index is 12.5. The summed E-state index contributed by atoms with van der Waals surface area (Å²) in [6.07, 6.45) is 4.96. The average molecular weight is 274 g/mol. The van der Waals surface area contributed by atoms with Crippen molar-refractivity contribution in [1.29, 1.82) is 0 Å². The Morgan fingerprint density at radius 2 is 1.44 bits per heavy atom. The highest BCUT2D eigenvalue weighted by molar-refractivity contribution is 7.86. The van der Waals surface area contributed by atoms with Crippen molar-refractivity contribution in [3.63, 3.8) is 0 Å². The first-order chi connectivity index (χ1) is 8.68. The van der Waals surface area contributed by atoms with Gasteiger partial charge in [-0.25, -0.2) is 0 Å². The van der Waals surface area contributed by atoms with Crippen LogP contribution in [0.3, 0.4) is 0 Å². The molecule has 104 valence electrons. The molecule has 6 heteroatoms. The molecule has 18 heavy (non-hydrogen) atoms. The third-order valence-corrected chi connectivity index (χ3v) is 6.53. The summed E-state index contributed by atoms with van der Waals surface area (Å²) in [5, 5.41) is 0. The number of rotatable bonds is 2. The molecular formula is C12H22N2O3S. The molecule has 0 radical (unpaired) electrons. The van der Waals surface area contributed by atoms with Crippen molar-refractivity contribution in [3.8, 4) is 0 Å². The van der Waals surface area contributed by atoms with Crippen LogP contribution in [0.5, 0.6) is 0 Å². The van der Waals surface area contributed by atoms with Crippen LogP contribution in [0.4, 0.5) is 0 Å². The van der Waals surface area contributed by atoms with E-state index in [1.807, 2.05) is 0 Å². The lowest BCUT2D eigenvalue weighted by atomic mass is 9.82. The molecule has 3 aliphatic rings. The minimum Gasteiger partial charge on any atom is -0.379 e. The number of nitrogens with zero attached hydrogens (tertiary/aromatic N) is 2. The third kappa shape index (κ3) is 2.31. The topological polar surface area (TPSA) is 49.9 Å². The van der Waals surface area contributed by atoms with E-state index in [1.54, 1.807) is 8.61 Å². The molecule has 5 nitrogen and oxygen atoms in total. The number of fused-ring (bicyclic) bond motifs is 1. The quantitative estimate of drug-likeness (QED) is 0.744. The van der Waals surface area contributed by atoms with Crippen molar-refractivity contribution in [2.75, 3.05) is 39.4 Å². The van der Waals surface area contributed by atoms with Crippen molar-refractivity contribution in [1.82, 2.24) is 8.61 Å². The molecule has 0 aromatic carbocycles. The Morgan fingerprint density at radius 1 is 0.889 bits per heavy atom. The summed E-state index contributed by atoms with van der Waals surface area (Å²) in [5.41, 5.74) is 0. The van der Waals surface area contributed by atoms with E-state index in [4.69, 9.17) is 4.74 Å². The summed E-state index contributed by atoms with van der Waals surface area (Å²) >= 11 is 0. The van der Waals surface area contributed by atoms with Crippen LogP contribution in [0.2, 0.25) is 0 Å². The predicted octanol–water partition coefficient (Wildman–Crippen LogP) is 0.685. The maximum Gasteiger partial charge on any atom is 0.282 e. The fourth-order valence-corrected chi connectivity index (χ4v) is 5.19. The van der Waals surface area contributed by atoms with E-state index < -0.39 is 10.2 Å². The van der Waals surface area contributed by atoms with Gasteiger partial charge in [-0.1, -0.05) is 12.8 Å². The summed E-state index contributed by atoms with van der Waals surface area (Å²) in [5.74, 6) is 1.21. The number of ether oxygens (including phenoxy) is 1. The normalized spacial score (nSPS) is 35.6. The SMILES string of the molecule is O=S(=O)(N1CCOCC1)N1C[C@@H]2CCCC[C@H]2C1. The highest BCUT2D eigenvalue weighted by Gasteiger charge is 2.41. The van der Waals surface area contributed by atoms with Gasteiger partial charge in [0.15, 0.2) is 0 Å². The zero-order valence-corrected chi connectivity index (χ0v) is 11.6. The molecule has 0 spiro atoms. The van der Waals surface area contributed by atoms with Crippen LogP contribution in [0.25, 0.3) is 0 Å². The molecule has 1 aliphatic carbocycles. The van der Waals surface area contributed by atoms with Crippen molar-refractivity contribution in [3.05, 3.63) is 0 Å². The molecular weight excluding hydrogens is 252 g/mol. The van der Waals surface area contributed by atoms with Gasteiger partial charge in [0.05, 0.1) is 13.2 Å². The first-order valence-corrected chi connectivity index (χ1v) is 8.40. The fourth-order valence-electron chi connectivity index (χ4n) is 3.49. The Morgan fingerprint density at radius 3 is 2.00 bits per heavy atom. The average Bonchev–Trinajstić information content (AvgIpc) is 2.84. The Bertz CT molecular complexity index is 378. The van der Waals surface area contributed by atoms with E-state index >= 15 is 0 Å². The summed E-state index contributed by atoms with van der Waals surface area (Å²) in [7, 11) is -3.23. The third-order valence-electron chi connectivity index (χ3n) is 4.57. The molecule has 3 fully saturated rings. The van der Waals surface area contributed by atoms with E-state index in [2.05, 4.69) is 0 Å². The summed E-state index contributed by atoms with van der Waals surface area (Å²) in [6, 6.07) is 0. The van der Waals surface area contributed by atoms with E-state index in [0.717, 1.165) is 13.1 Å². The van der Waals surface area contributed by atoms with E-state index in [9.17, 15) is 8.42 Å². The molecule has 2 atom stereocenters. The Labute approximate surface area is 109 Å². The Kier molecular flexibility index (Phi) is 3.62. The van der Waals surface area contributed by atoms with Gasteiger partial charge >= 0.3 is 0 Å². The molecule has 2 saturated heterocycles. The van der Waals surface area contributed by atoms with Crippen LogP contribution in [0, 0.1) is 11.8 Å². The Hall–Kier alpha value is -0.170. The monoisotopic (exact) mass is 274 g/mol. The minimum atomic E-state index is -3.23. The molecule has 2 aliphatic heterocycles. The number of hydrogen-bond donors (Lipinski definition) is 0. The van der Waals surface area contributed by atoms with Gasteiger partial charge in [-0.2, -0.15) is 17.0 Å². The second kappa shape index (κ2) is 5.07. The van der Waals surface area contributed by atoms with E-state index in [-0.39, 0.29) is 0 Å². The standard InChI is InChI=1S/C12H22N2O3S/c15-18(16,13-5-7-17-8-6-13)14-9-11-3-1-2-4-12(11)10-14/h11-12H,1-10H2/t11-,12-/m0/s1. The second-order valence-electron chi connectivity index (χ2n) is 5.64. The van der Waals surface area contributed by atoms with Gasteiger partial charge in [0.1, 0.15) is 0 Å². The van der Waals surface area contributed by atoms with Crippen molar-refractivity contribution < 1.29 is 13.2 Å². The highest BCUT2D eigenvalue weighted by atomic mass is 32.2. The first-order valence-electron chi connectivity index (χ1n) is 7.01. The van der Waals surface area contributed by atoms with Crippen LogP contribution in [-0.4, -0.2) is 56.4 Å². The number of hydrogen-bond acceptors (Lipinski definition) is 3. The second-order valence-corrected chi connectivity index (χ2v) is 7.57. The van der Waals surface area contributed by atoms with Gasteiger partial charge in [-0.3, -0.25) is 0 Å². The van der Waals surface area contributed by atoms with Crippen LogP contribution >= 0.6 is 0 Å². The van der Waals surface area contributed by atoms with E-state index in [0.29, 0.717) is 38.1 Å². The van der Waals surface area contributed by atoms with Gasteiger partial charge in [-0.15, -0.1) is 0 Å². The lowest BCUT2D eigenvalue weighted by molar-refractivity contribution is 0.0705. The largest absolute Gasteiger partial charge is 0.379 e. The highest BCUT2D eigenvalue weighted by Crippen LogP contribution is 2.37. The molecule has 0 aromatic rings. The van der Waals surface area contributed by atoms with Crippen molar-refractivity contribution >= 4 is 10.2 Å². The lowest BCUT2D eigenvalue weighted by Crippen LogP contribution is -2.48. The fraction of sp³-hybridized carbons (Fsp3) is 1.00. The Balaban J connectivity index is 1.70. The molecule has 0 unspecified atom stereocenters. The molecule has 2 heterocycles. The summed E-state index contributed by atoms with van der Waals surface area (Å²) < 4.78 is 33.6. The van der Waals surface area contributed by atoms with Gasteiger partial charge in [-0.05, 0) is 24.7 Å². The number of morpholine rings is 1. The van der Waals surface area contributed by atoms with E-state index in [1.165, 1.54) is 25.7 Å². The van der Waals surface area contributed by atoms with Gasteiger partial charge < -0.3 is 4.74 Å². The van der Waals surface area contributed by atoms with Crippen molar-refractivity contribution in [2.24, 2.45) is 11.8 Å². The predicted molar refractivity (Wildman–Crippen MR) is 68.3 cm³/mol. The van der Waals surface area contributed by atoms with Crippen LogP contribution in [0.15, 0.2) is 0 Å². The van der Waals surface area contributed by atoms with Crippen molar-refractivity contribution in [2.45, 2.75) is 25.7 Å². The molecule has 0 aromatic heterocycles. The smallest absolute Gasteiger partial charge is 0.282 e. The van der Waals surface area contributed by atoms with Gasteiger partial charge in [0, 0.05) is 26.2 Å². The summed E-state index contributed by atoms with van der Waals surface area (Å²) in [4.78, 5) is 0. The zero-order valence-electron chi connectivity index (χ0n) is 10.8. The van der Waals surface area contributed by atoms with Crippen LogP contribution in [-0.2, 0) is 14.9 Å². The lowest BCUT2D eigenvalue weighted by Gasteiger charge is -2.30. The maximum absolute atomic E-state index is 12.5. The van der Waals surface area contributed by atoms with Gasteiger partial charge in [0.25, 0.3) is 10.2 Å². The minimum absolute atomic E-state index is 0.508. The molecule has 1 saturated carbocycles. The van der Waals surface area contributed by atoms with Crippen LogP contribution < -0.4 is 0 Å². The first kappa shape index (κ1) is 12.8. The van der Waals surface area contributed by atoms with Crippen LogP contribution in [0.1, 0.15) is 25.7 Å². The molecule has 0 amide bonds.